The molecule has 0 spiro atoms. The molecule has 0 aliphatic carbocycles. The van der Waals surface area contributed by atoms with E-state index < -0.39 is 0 Å². The maximum atomic E-state index is 6.05. The van der Waals surface area contributed by atoms with Crippen molar-refractivity contribution < 1.29 is 4.42 Å². The predicted octanol–water partition coefficient (Wildman–Crippen LogP) is 3.87. The van der Waals surface area contributed by atoms with Crippen LogP contribution in [0.25, 0.3) is 0 Å². The van der Waals surface area contributed by atoms with Crippen LogP contribution in [0, 0.1) is 5.92 Å². The minimum absolute atomic E-state index is 0.0335. The lowest BCUT2D eigenvalue weighted by Crippen LogP contribution is -2.14. The summed E-state index contributed by atoms with van der Waals surface area (Å²) < 4.78 is 6.18. The topological polar surface area (TPSA) is 39.2 Å². The van der Waals surface area contributed by atoms with Gasteiger partial charge in [0.2, 0.25) is 0 Å². The minimum atomic E-state index is 0.0335. The van der Waals surface area contributed by atoms with Gasteiger partial charge in [0.1, 0.15) is 5.76 Å². The second-order valence-electron chi connectivity index (χ2n) is 3.67. The van der Waals surface area contributed by atoms with Crippen LogP contribution >= 0.6 is 15.9 Å². The summed E-state index contributed by atoms with van der Waals surface area (Å²) in [5.41, 5.74) is 6.05. The molecule has 0 aliphatic heterocycles. The highest BCUT2D eigenvalue weighted by molar-refractivity contribution is 9.10. The van der Waals surface area contributed by atoms with Crippen molar-refractivity contribution in [3.05, 3.63) is 22.6 Å². The summed E-state index contributed by atoms with van der Waals surface area (Å²) in [6, 6.07) is 3.87. The zero-order valence-corrected chi connectivity index (χ0v) is 10.4. The molecule has 14 heavy (non-hydrogen) atoms. The van der Waals surface area contributed by atoms with Gasteiger partial charge in [-0.2, -0.15) is 0 Å². The van der Waals surface area contributed by atoms with Crippen molar-refractivity contribution in [1.82, 2.24) is 0 Å². The lowest BCUT2D eigenvalue weighted by molar-refractivity contribution is 0.366. The Balaban J connectivity index is 2.53. The molecule has 3 heteroatoms. The zero-order chi connectivity index (χ0) is 10.6. The molecule has 1 heterocycles. The molecule has 0 amide bonds. The van der Waals surface area contributed by atoms with Crippen LogP contribution < -0.4 is 5.73 Å². The third kappa shape index (κ3) is 3.14. The first kappa shape index (κ1) is 11.8. The molecule has 2 nitrogen and oxygen atoms in total. The molecule has 1 aromatic heterocycles. The number of halogens is 1. The van der Waals surface area contributed by atoms with Crippen molar-refractivity contribution in [3.8, 4) is 0 Å². The summed E-state index contributed by atoms with van der Waals surface area (Å²) in [6.07, 6.45) is 3.38. The number of rotatable bonds is 5. The first-order chi connectivity index (χ1) is 6.67. The second-order valence-corrected chi connectivity index (χ2v) is 4.45. The number of nitrogens with two attached hydrogens (primary N) is 1. The third-order valence-electron chi connectivity index (χ3n) is 2.70. The van der Waals surface area contributed by atoms with E-state index in [1.54, 1.807) is 0 Å². The molecule has 0 saturated heterocycles. The molecule has 0 bridgehead atoms. The van der Waals surface area contributed by atoms with E-state index in [1.165, 1.54) is 12.8 Å². The Bertz CT molecular complexity index is 268. The van der Waals surface area contributed by atoms with Crippen LogP contribution in [0.3, 0.4) is 0 Å². The van der Waals surface area contributed by atoms with Crippen molar-refractivity contribution in [2.45, 2.75) is 39.2 Å². The highest BCUT2D eigenvalue weighted by Crippen LogP contribution is 2.26. The fraction of sp³-hybridized carbons (Fsp3) is 0.636. The number of hydrogen-bond donors (Lipinski definition) is 1. The van der Waals surface area contributed by atoms with Gasteiger partial charge in [-0.25, -0.2) is 0 Å². The molecule has 1 unspecified atom stereocenters. The van der Waals surface area contributed by atoms with Gasteiger partial charge < -0.3 is 10.2 Å². The van der Waals surface area contributed by atoms with Crippen molar-refractivity contribution in [2.24, 2.45) is 11.7 Å². The summed E-state index contributed by atoms with van der Waals surface area (Å²) in [7, 11) is 0. The lowest BCUT2D eigenvalue weighted by Gasteiger charge is -2.16. The Morgan fingerprint density at radius 3 is 2.43 bits per heavy atom. The van der Waals surface area contributed by atoms with E-state index >= 15 is 0 Å². The highest BCUT2D eigenvalue weighted by Gasteiger charge is 2.14. The Morgan fingerprint density at radius 1 is 1.36 bits per heavy atom. The highest BCUT2D eigenvalue weighted by atomic mass is 79.9. The van der Waals surface area contributed by atoms with Crippen LogP contribution in [0.5, 0.6) is 0 Å². The van der Waals surface area contributed by atoms with Gasteiger partial charge in [-0.05, 0) is 40.4 Å². The van der Waals surface area contributed by atoms with Crippen LogP contribution in [-0.4, -0.2) is 0 Å². The van der Waals surface area contributed by atoms with Gasteiger partial charge in [-0.15, -0.1) is 0 Å². The van der Waals surface area contributed by atoms with Crippen LogP contribution in [-0.2, 0) is 0 Å². The molecule has 1 aromatic rings. The zero-order valence-electron chi connectivity index (χ0n) is 8.79. The molecule has 2 N–H and O–H groups in total. The van der Waals surface area contributed by atoms with Crippen LogP contribution in [0.1, 0.15) is 44.9 Å². The fourth-order valence-corrected chi connectivity index (χ4v) is 1.94. The molecule has 0 aromatic carbocycles. The SMILES string of the molecule is CCC(CC)CC(N)c1ccc(Br)o1. The first-order valence-electron chi connectivity index (χ1n) is 5.18. The van der Waals surface area contributed by atoms with E-state index in [0.717, 1.165) is 16.9 Å². The largest absolute Gasteiger partial charge is 0.453 e. The summed E-state index contributed by atoms with van der Waals surface area (Å²) in [5.74, 6) is 1.58. The van der Waals surface area contributed by atoms with Crippen molar-refractivity contribution in [3.63, 3.8) is 0 Å². The van der Waals surface area contributed by atoms with Gasteiger partial charge in [-0.1, -0.05) is 26.7 Å². The van der Waals surface area contributed by atoms with Gasteiger partial charge in [0.05, 0.1) is 6.04 Å². The van der Waals surface area contributed by atoms with Crippen molar-refractivity contribution in [1.29, 1.82) is 0 Å². The quantitative estimate of drug-likeness (QED) is 0.872. The van der Waals surface area contributed by atoms with E-state index in [2.05, 4.69) is 29.8 Å². The van der Waals surface area contributed by atoms with Crippen LogP contribution in [0.2, 0.25) is 0 Å². The Labute approximate surface area is 94.0 Å². The minimum Gasteiger partial charge on any atom is -0.453 e. The van der Waals surface area contributed by atoms with E-state index in [-0.39, 0.29) is 6.04 Å². The Kier molecular flexibility index (Phi) is 4.69. The van der Waals surface area contributed by atoms with Crippen molar-refractivity contribution in [2.75, 3.05) is 0 Å². The van der Waals surface area contributed by atoms with Crippen LogP contribution in [0.15, 0.2) is 21.2 Å². The van der Waals surface area contributed by atoms with E-state index in [9.17, 15) is 0 Å². The third-order valence-corrected chi connectivity index (χ3v) is 3.13. The van der Waals surface area contributed by atoms with Gasteiger partial charge in [0.25, 0.3) is 0 Å². The number of furan rings is 1. The van der Waals surface area contributed by atoms with Gasteiger partial charge in [0, 0.05) is 0 Å². The summed E-state index contributed by atoms with van der Waals surface area (Å²) >= 11 is 3.28. The van der Waals surface area contributed by atoms with Gasteiger partial charge in [0.15, 0.2) is 4.67 Å². The summed E-state index contributed by atoms with van der Waals surface area (Å²) in [5, 5.41) is 0. The molecule has 0 aliphatic rings. The maximum absolute atomic E-state index is 6.05. The van der Waals surface area contributed by atoms with E-state index in [1.807, 2.05) is 12.1 Å². The van der Waals surface area contributed by atoms with E-state index in [0.29, 0.717) is 5.92 Å². The van der Waals surface area contributed by atoms with Gasteiger partial charge >= 0.3 is 0 Å². The Hall–Kier alpha value is -0.280. The second kappa shape index (κ2) is 5.56. The molecular weight excluding hydrogens is 242 g/mol. The fourth-order valence-electron chi connectivity index (χ4n) is 1.62. The predicted molar refractivity (Wildman–Crippen MR) is 62.0 cm³/mol. The molecule has 1 atom stereocenters. The average molecular weight is 260 g/mol. The van der Waals surface area contributed by atoms with Crippen LogP contribution in [0.4, 0.5) is 0 Å². The smallest absolute Gasteiger partial charge is 0.169 e. The molecular formula is C11H18BrNO. The maximum Gasteiger partial charge on any atom is 0.169 e. The number of hydrogen-bond acceptors (Lipinski definition) is 2. The average Bonchev–Trinajstić information content (AvgIpc) is 2.61. The monoisotopic (exact) mass is 259 g/mol. The van der Waals surface area contributed by atoms with E-state index in [4.69, 9.17) is 10.2 Å². The summed E-state index contributed by atoms with van der Waals surface area (Å²) in [6.45, 7) is 4.41. The molecule has 1 rings (SSSR count). The van der Waals surface area contributed by atoms with Gasteiger partial charge in [-0.3, -0.25) is 0 Å². The normalized spacial score (nSPS) is 13.5. The lowest BCUT2D eigenvalue weighted by atomic mass is 9.94. The standard InChI is InChI=1S/C11H18BrNO/c1-3-8(4-2)7-9(13)10-5-6-11(12)14-10/h5-6,8-9H,3-4,7,13H2,1-2H3. The molecule has 0 radical (unpaired) electrons. The Morgan fingerprint density at radius 2 is 2.00 bits per heavy atom. The first-order valence-corrected chi connectivity index (χ1v) is 5.97. The summed E-state index contributed by atoms with van der Waals surface area (Å²) in [4.78, 5) is 0. The molecule has 80 valence electrons. The molecule has 0 fully saturated rings. The van der Waals surface area contributed by atoms with Crippen molar-refractivity contribution >= 4 is 15.9 Å². The molecule has 0 saturated carbocycles.